The van der Waals surface area contributed by atoms with Crippen molar-refractivity contribution in [2.24, 2.45) is 0 Å². The monoisotopic (exact) mass is 194 g/mol. The Bertz CT molecular complexity index is 216. The highest BCUT2D eigenvalue weighted by molar-refractivity contribution is 4.94. The van der Waals surface area contributed by atoms with E-state index in [1.165, 1.54) is 38.5 Å². The van der Waals surface area contributed by atoms with Crippen LogP contribution in [0, 0.1) is 0 Å². The van der Waals surface area contributed by atoms with Crippen LogP contribution in [0.25, 0.3) is 0 Å². The molecule has 1 heterocycles. The van der Waals surface area contributed by atoms with Crippen molar-refractivity contribution in [3.63, 3.8) is 0 Å². The first-order valence-electron chi connectivity index (χ1n) is 5.84. The van der Waals surface area contributed by atoms with Gasteiger partial charge in [0.25, 0.3) is 0 Å². The van der Waals surface area contributed by atoms with E-state index in [-0.39, 0.29) is 0 Å². The smallest absolute Gasteiger partial charge is 0.108 e. The molecule has 1 atom stereocenters. The highest BCUT2D eigenvalue weighted by Crippen LogP contribution is 2.18. The van der Waals surface area contributed by atoms with Crippen molar-refractivity contribution in [3.8, 4) is 0 Å². The summed E-state index contributed by atoms with van der Waals surface area (Å²) in [5.74, 6) is 1.73. The molecule has 1 aromatic heterocycles. The van der Waals surface area contributed by atoms with Crippen molar-refractivity contribution < 1.29 is 0 Å². The first kappa shape index (κ1) is 11.3. The van der Waals surface area contributed by atoms with Crippen molar-refractivity contribution in [1.29, 1.82) is 0 Å². The van der Waals surface area contributed by atoms with E-state index in [1.807, 2.05) is 12.4 Å². The molecular weight excluding hydrogens is 172 g/mol. The maximum Gasteiger partial charge on any atom is 0.108 e. The van der Waals surface area contributed by atoms with Gasteiger partial charge in [-0.25, -0.2) is 4.98 Å². The van der Waals surface area contributed by atoms with Gasteiger partial charge in [-0.15, -0.1) is 0 Å². The van der Waals surface area contributed by atoms with Gasteiger partial charge in [0.05, 0.1) is 0 Å². The lowest BCUT2D eigenvalue weighted by Crippen LogP contribution is -1.96. The van der Waals surface area contributed by atoms with Crippen LogP contribution in [-0.2, 0) is 0 Å². The SMILES string of the molecule is CCCCCCCC(C)c1ncc[nH]1. The summed E-state index contributed by atoms with van der Waals surface area (Å²) in [5.41, 5.74) is 0. The van der Waals surface area contributed by atoms with Gasteiger partial charge >= 0.3 is 0 Å². The van der Waals surface area contributed by atoms with Gasteiger partial charge in [0.2, 0.25) is 0 Å². The van der Waals surface area contributed by atoms with Gasteiger partial charge < -0.3 is 4.98 Å². The summed E-state index contributed by atoms with van der Waals surface area (Å²) in [6.07, 6.45) is 11.8. The van der Waals surface area contributed by atoms with Gasteiger partial charge in [-0.1, -0.05) is 46.0 Å². The molecule has 2 nitrogen and oxygen atoms in total. The third-order valence-electron chi connectivity index (χ3n) is 2.73. The third kappa shape index (κ3) is 3.95. The average Bonchev–Trinajstić information content (AvgIpc) is 2.70. The Morgan fingerprint density at radius 2 is 2.07 bits per heavy atom. The molecule has 14 heavy (non-hydrogen) atoms. The molecule has 1 unspecified atom stereocenters. The standard InChI is InChI=1S/C12H22N2/c1-3-4-5-6-7-8-11(2)12-13-9-10-14-12/h9-11H,3-8H2,1-2H3,(H,13,14). The summed E-state index contributed by atoms with van der Waals surface area (Å²) < 4.78 is 0. The van der Waals surface area contributed by atoms with Crippen molar-refractivity contribution >= 4 is 0 Å². The first-order valence-corrected chi connectivity index (χ1v) is 5.84. The molecule has 0 aliphatic rings. The molecule has 0 aliphatic heterocycles. The summed E-state index contributed by atoms with van der Waals surface area (Å²) >= 11 is 0. The molecule has 0 aliphatic carbocycles. The molecule has 0 spiro atoms. The quantitative estimate of drug-likeness (QED) is 0.656. The lowest BCUT2D eigenvalue weighted by Gasteiger charge is -2.07. The minimum Gasteiger partial charge on any atom is -0.348 e. The average molecular weight is 194 g/mol. The van der Waals surface area contributed by atoms with Gasteiger partial charge in [0, 0.05) is 18.3 Å². The van der Waals surface area contributed by atoms with Gasteiger partial charge in [0.1, 0.15) is 5.82 Å². The number of nitrogens with one attached hydrogen (secondary N) is 1. The Balaban J connectivity index is 2.07. The summed E-state index contributed by atoms with van der Waals surface area (Å²) in [7, 11) is 0. The van der Waals surface area contributed by atoms with Gasteiger partial charge in [-0.3, -0.25) is 0 Å². The van der Waals surface area contributed by atoms with Gasteiger partial charge in [0.15, 0.2) is 0 Å². The van der Waals surface area contributed by atoms with Crippen LogP contribution in [0.5, 0.6) is 0 Å². The Labute approximate surface area is 87.1 Å². The molecule has 80 valence electrons. The number of aromatic amines is 1. The first-order chi connectivity index (χ1) is 6.84. The van der Waals surface area contributed by atoms with Crippen LogP contribution in [-0.4, -0.2) is 9.97 Å². The molecule has 0 bridgehead atoms. The van der Waals surface area contributed by atoms with E-state index in [0.29, 0.717) is 5.92 Å². The summed E-state index contributed by atoms with van der Waals surface area (Å²) in [4.78, 5) is 7.45. The Morgan fingerprint density at radius 3 is 2.71 bits per heavy atom. The summed E-state index contributed by atoms with van der Waals surface area (Å²) in [5, 5.41) is 0. The van der Waals surface area contributed by atoms with E-state index in [0.717, 1.165) is 5.82 Å². The molecule has 0 radical (unpaired) electrons. The van der Waals surface area contributed by atoms with Crippen molar-refractivity contribution in [1.82, 2.24) is 9.97 Å². The number of nitrogens with zero attached hydrogens (tertiary/aromatic N) is 1. The Hall–Kier alpha value is -0.790. The zero-order valence-corrected chi connectivity index (χ0v) is 9.42. The number of unbranched alkanes of at least 4 members (excludes halogenated alkanes) is 4. The van der Waals surface area contributed by atoms with E-state index in [4.69, 9.17) is 0 Å². The number of imidazole rings is 1. The molecule has 1 aromatic rings. The minimum atomic E-state index is 0.589. The van der Waals surface area contributed by atoms with Crippen LogP contribution in [0.1, 0.15) is 64.1 Å². The largest absolute Gasteiger partial charge is 0.348 e. The van der Waals surface area contributed by atoms with Crippen molar-refractivity contribution in [2.75, 3.05) is 0 Å². The van der Waals surface area contributed by atoms with Crippen LogP contribution in [0.15, 0.2) is 12.4 Å². The second-order valence-electron chi connectivity index (χ2n) is 4.08. The van der Waals surface area contributed by atoms with Crippen LogP contribution in [0.4, 0.5) is 0 Å². The maximum atomic E-state index is 4.28. The van der Waals surface area contributed by atoms with Crippen LogP contribution >= 0.6 is 0 Å². The number of H-pyrrole nitrogens is 1. The zero-order chi connectivity index (χ0) is 10.2. The molecule has 1 rings (SSSR count). The van der Waals surface area contributed by atoms with Gasteiger partial charge in [-0.2, -0.15) is 0 Å². The van der Waals surface area contributed by atoms with E-state index in [1.54, 1.807) is 0 Å². The van der Waals surface area contributed by atoms with Gasteiger partial charge in [-0.05, 0) is 6.42 Å². The van der Waals surface area contributed by atoms with Crippen LogP contribution < -0.4 is 0 Å². The fraction of sp³-hybridized carbons (Fsp3) is 0.750. The van der Waals surface area contributed by atoms with Crippen molar-refractivity contribution in [2.45, 2.75) is 58.3 Å². The summed E-state index contributed by atoms with van der Waals surface area (Å²) in [6, 6.07) is 0. The molecule has 1 N–H and O–H groups in total. The maximum absolute atomic E-state index is 4.28. The molecule has 2 heteroatoms. The predicted octanol–water partition coefficient (Wildman–Crippen LogP) is 3.87. The highest BCUT2D eigenvalue weighted by Gasteiger charge is 2.06. The van der Waals surface area contributed by atoms with Crippen LogP contribution in [0.2, 0.25) is 0 Å². The molecule has 0 fully saturated rings. The number of aromatic nitrogens is 2. The zero-order valence-electron chi connectivity index (χ0n) is 9.42. The van der Waals surface area contributed by atoms with Crippen molar-refractivity contribution in [3.05, 3.63) is 18.2 Å². The lowest BCUT2D eigenvalue weighted by atomic mass is 10.0. The molecular formula is C12H22N2. The number of hydrogen-bond donors (Lipinski definition) is 1. The van der Waals surface area contributed by atoms with E-state index < -0.39 is 0 Å². The predicted molar refractivity (Wildman–Crippen MR) is 60.4 cm³/mol. The minimum absolute atomic E-state index is 0.589. The van der Waals surface area contributed by atoms with E-state index in [9.17, 15) is 0 Å². The highest BCUT2D eigenvalue weighted by atomic mass is 14.9. The fourth-order valence-electron chi connectivity index (χ4n) is 1.74. The van der Waals surface area contributed by atoms with E-state index in [2.05, 4.69) is 23.8 Å². The third-order valence-corrected chi connectivity index (χ3v) is 2.73. The number of hydrogen-bond acceptors (Lipinski definition) is 1. The topological polar surface area (TPSA) is 28.7 Å². The molecule has 0 aromatic carbocycles. The molecule has 0 amide bonds. The second-order valence-corrected chi connectivity index (χ2v) is 4.08. The Morgan fingerprint density at radius 1 is 1.29 bits per heavy atom. The second kappa shape index (κ2) is 6.63. The lowest BCUT2D eigenvalue weighted by molar-refractivity contribution is 0.554. The molecule has 0 saturated heterocycles. The van der Waals surface area contributed by atoms with Crippen LogP contribution in [0.3, 0.4) is 0 Å². The number of rotatable bonds is 7. The normalized spacial score (nSPS) is 13.0. The van der Waals surface area contributed by atoms with E-state index >= 15 is 0 Å². The Kier molecular flexibility index (Phi) is 5.35. The summed E-state index contributed by atoms with van der Waals surface area (Å²) in [6.45, 7) is 4.50. The molecule has 0 saturated carbocycles. The fourth-order valence-corrected chi connectivity index (χ4v) is 1.74.